The fraction of sp³-hybridized carbons (Fsp3) is 0.944. The topological polar surface area (TPSA) is 26.3 Å². The SMILES string of the molecule is CCCCCCCOC(=O)C([SiH3])(CCC)C(CC)CCC. The lowest BCUT2D eigenvalue weighted by molar-refractivity contribution is -0.149. The molecule has 0 bridgehead atoms. The molecule has 0 aliphatic rings. The Morgan fingerprint density at radius 2 is 1.67 bits per heavy atom. The van der Waals surface area contributed by atoms with Crippen molar-refractivity contribution in [2.45, 2.75) is 96.9 Å². The van der Waals surface area contributed by atoms with Crippen LogP contribution in [0.25, 0.3) is 0 Å². The summed E-state index contributed by atoms with van der Waals surface area (Å²) in [6.45, 7) is 9.47. The summed E-state index contributed by atoms with van der Waals surface area (Å²) in [4.78, 5) is 12.6. The molecule has 2 unspecified atom stereocenters. The molecule has 3 heteroatoms. The molecule has 0 aromatic rings. The molecule has 0 fully saturated rings. The van der Waals surface area contributed by atoms with Crippen molar-refractivity contribution in [2.75, 3.05) is 6.61 Å². The van der Waals surface area contributed by atoms with Crippen molar-refractivity contribution in [3.05, 3.63) is 0 Å². The van der Waals surface area contributed by atoms with Crippen LogP contribution in [0.3, 0.4) is 0 Å². The number of rotatable bonds is 13. The molecule has 0 rings (SSSR count). The van der Waals surface area contributed by atoms with E-state index in [1.165, 1.54) is 25.7 Å². The second-order valence-corrected chi connectivity index (χ2v) is 8.40. The molecule has 0 N–H and O–H groups in total. The van der Waals surface area contributed by atoms with Crippen LogP contribution in [-0.2, 0) is 9.53 Å². The molecule has 0 aromatic heterocycles. The van der Waals surface area contributed by atoms with Crippen LogP contribution in [0, 0.1) is 5.92 Å². The van der Waals surface area contributed by atoms with Gasteiger partial charge in [-0.3, -0.25) is 4.79 Å². The van der Waals surface area contributed by atoms with E-state index < -0.39 is 0 Å². The largest absolute Gasteiger partial charge is 0.466 e. The van der Waals surface area contributed by atoms with Crippen molar-refractivity contribution < 1.29 is 9.53 Å². The van der Waals surface area contributed by atoms with Crippen LogP contribution in [0.4, 0.5) is 0 Å². The molecular formula is C18H38O2Si. The maximum atomic E-state index is 12.6. The Balaban J connectivity index is 4.39. The summed E-state index contributed by atoms with van der Waals surface area (Å²) in [5.41, 5.74) is 0. The molecule has 21 heavy (non-hydrogen) atoms. The molecule has 0 amide bonds. The van der Waals surface area contributed by atoms with Crippen molar-refractivity contribution in [1.29, 1.82) is 0 Å². The van der Waals surface area contributed by atoms with Crippen molar-refractivity contribution in [3.63, 3.8) is 0 Å². The van der Waals surface area contributed by atoms with Crippen LogP contribution in [0.1, 0.15) is 91.9 Å². The lowest BCUT2D eigenvalue weighted by Crippen LogP contribution is -2.34. The number of hydrogen-bond donors (Lipinski definition) is 0. The molecule has 0 aliphatic heterocycles. The summed E-state index contributed by atoms with van der Waals surface area (Å²) in [6, 6.07) is 0. The average Bonchev–Trinajstić information content (AvgIpc) is 2.48. The fourth-order valence-electron chi connectivity index (χ4n) is 3.35. The number of hydrogen-bond acceptors (Lipinski definition) is 2. The van der Waals surface area contributed by atoms with Gasteiger partial charge in [0.15, 0.2) is 0 Å². The Morgan fingerprint density at radius 1 is 1.00 bits per heavy atom. The van der Waals surface area contributed by atoms with Crippen LogP contribution in [0.5, 0.6) is 0 Å². The molecule has 2 nitrogen and oxygen atoms in total. The highest BCUT2D eigenvalue weighted by Gasteiger charge is 2.40. The Bertz CT molecular complexity index is 268. The second kappa shape index (κ2) is 12.3. The summed E-state index contributed by atoms with van der Waals surface area (Å²) in [5.74, 6) is 0.619. The van der Waals surface area contributed by atoms with Gasteiger partial charge in [-0.05, 0) is 25.2 Å². The zero-order chi connectivity index (χ0) is 16.1. The number of carbonyl (C=O) groups excluding carboxylic acids is 1. The van der Waals surface area contributed by atoms with Gasteiger partial charge in [0, 0.05) is 10.2 Å². The van der Waals surface area contributed by atoms with E-state index in [0.717, 1.165) is 48.8 Å². The Kier molecular flexibility index (Phi) is 12.1. The smallest absolute Gasteiger partial charge is 0.308 e. The molecule has 0 saturated heterocycles. The van der Waals surface area contributed by atoms with Gasteiger partial charge < -0.3 is 4.74 Å². The molecule has 0 heterocycles. The molecule has 0 saturated carbocycles. The van der Waals surface area contributed by atoms with E-state index in [1.807, 2.05) is 0 Å². The van der Waals surface area contributed by atoms with Gasteiger partial charge in [0.25, 0.3) is 0 Å². The monoisotopic (exact) mass is 314 g/mol. The summed E-state index contributed by atoms with van der Waals surface area (Å²) < 4.78 is 5.66. The molecule has 0 radical (unpaired) electrons. The highest BCUT2D eigenvalue weighted by Crippen LogP contribution is 2.43. The van der Waals surface area contributed by atoms with Gasteiger partial charge in [-0.15, -0.1) is 0 Å². The Morgan fingerprint density at radius 3 is 2.19 bits per heavy atom. The van der Waals surface area contributed by atoms with Crippen molar-refractivity contribution >= 4 is 16.2 Å². The minimum atomic E-state index is -0.150. The zero-order valence-corrected chi connectivity index (χ0v) is 17.2. The predicted octanol–water partition coefficient (Wildman–Crippen LogP) is 4.65. The van der Waals surface area contributed by atoms with Crippen molar-refractivity contribution in [3.8, 4) is 0 Å². The summed E-state index contributed by atoms with van der Waals surface area (Å²) in [5, 5.41) is -0.150. The van der Waals surface area contributed by atoms with E-state index in [-0.39, 0.29) is 11.0 Å². The third-order valence-corrected chi connectivity index (χ3v) is 6.47. The predicted molar refractivity (Wildman–Crippen MR) is 95.9 cm³/mol. The van der Waals surface area contributed by atoms with Crippen LogP contribution < -0.4 is 0 Å². The van der Waals surface area contributed by atoms with Gasteiger partial charge >= 0.3 is 5.97 Å². The lowest BCUT2D eigenvalue weighted by atomic mass is 9.82. The molecule has 0 spiro atoms. The molecule has 2 atom stereocenters. The first-order chi connectivity index (χ1) is 10.1. The van der Waals surface area contributed by atoms with E-state index in [1.54, 1.807) is 0 Å². The van der Waals surface area contributed by atoms with Crippen LogP contribution in [0.2, 0.25) is 5.04 Å². The van der Waals surface area contributed by atoms with E-state index in [4.69, 9.17) is 4.74 Å². The van der Waals surface area contributed by atoms with Crippen LogP contribution >= 0.6 is 0 Å². The molecule has 0 aromatic carbocycles. The highest BCUT2D eigenvalue weighted by atomic mass is 28.1. The first kappa shape index (κ1) is 20.7. The van der Waals surface area contributed by atoms with Crippen LogP contribution in [-0.4, -0.2) is 22.8 Å². The summed E-state index contributed by atoms with van der Waals surface area (Å²) in [6.07, 6.45) is 11.5. The maximum Gasteiger partial charge on any atom is 0.308 e. The first-order valence-corrected chi connectivity index (χ1v) is 10.2. The highest BCUT2D eigenvalue weighted by molar-refractivity contribution is 6.27. The summed E-state index contributed by atoms with van der Waals surface area (Å²) >= 11 is 0. The number of unbranched alkanes of at least 4 members (excludes halogenated alkanes) is 4. The second-order valence-electron chi connectivity index (χ2n) is 6.61. The van der Waals surface area contributed by atoms with Gasteiger partial charge in [0.1, 0.15) is 0 Å². The fourth-order valence-corrected chi connectivity index (χ4v) is 4.69. The zero-order valence-electron chi connectivity index (χ0n) is 15.2. The minimum absolute atomic E-state index is 0.104. The third kappa shape index (κ3) is 7.48. The summed E-state index contributed by atoms with van der Waals surface area (Å²) in [7, 11) is 0.915. The Hall–Kier alpha value is -0.313. The first-order valence-electron chi connectivity index (χ1n) is 9.23. The van der Waals surface area contributed by atoms with E-state index >= 15 is 0 Å². The Labute approximate surface area is 135 Å². The van der Waals surface area contributed by atoms with E-state index in [9.17, 15) is 4.79 Å². The number of ether oxygens (including phenoxy) is 1. The molecule has 126 valence electrons. The molecule has 0 aliphatic carbocycles. The maximum absolute atomic E-state index is 12.6. The number of esters is 1. The standard InChI is InChI=1S/C18H38O2Si/c1-5-9-10-11-12-15-20-17(19)18(21,14-7-3)16(8-4)13-6-2/h16H,5-15H2,1-4,21H3. The van der Waals surface area contributed by atoms with Gasteiger partial charge in [0.2, 0.25) is 0 Å². The minimum Gasteiger partial charge on any atom is -0.466 e. The van der Waals surface area contributed by atoms with Gasteiger partial charge in [-0.2, -0.15) is 0 Å². The van der Waals surface area contributed by atoms with E-state index in [2.05, 4.69) is 27.7 Å². The quantitative estimate of drug-likeness (QED) is 0.281. The van der Waals surface area contributed by atoms with Crippen molar-refractivity contribution in [1.82, 2.24) is 0 Å². The van der Waals surface area contributed by atoms with Gasteiger partial charge in [-0.1, -0.05) is 72.6 Å². The number of carbonyl (C=O) groups is 1. The van der Waals surface area contributed by atoms with E-state index in [0.29, 0.717) is 12.5 Å². The molecular weight excluding hydrogens is 276 g/mol. The van der Waals surface area contributed by atoms with Crippen LogP contribution in [0.15, 0.2) is 0 Å². The normalized spacial score (nSPS) is 15.6. The van der Waals surface area contributed by atoms with Crippen molar-refractivity contribution in [2.24, 2.45) is 5.92 Å². The van der Waals surface area contributed by atoms with Gasteiger partial charge in [0.05, 0.1) is 11.6 Å². The third-order valence-electron chi connectivity index (χ3n) is 4.75. The van der Waals surface area contributed by atoms with Gasteiger partial charge in [-0.25, -0.2) is 0 Å². The lowest BCUT2D eigenvalue weighted by Gasteiger charge is -2.35. The average molecular weight is 315 g/mol.